The third-order valence-corrected chi connectivity index (χ3v) is 8.15. The molecule has 7 atom stereocenters. The highest BCUT2D eigenvalue weighted by atomic mass is 19.1. The number of carbonyl (C=O) groups excluding carboxylic acids is 1. The highest BCUT2D eigenvalue weighted by Crippen LogP contribution is 2.37. The molecule has 0 radical (unpaired) electrons. The van der Waals surface area contributed by atoms with Crippen molar-refractivity contribution in [2.45, 2.75) is 75.7 Å². The first-order chi connectivity index (χ1) is 20.2. The van der Waals surface area contributed by atoms with Crippen LogP contribution in [0.5, 0.6) is 0 Å². The average Bonchev–Trinajstić information content (AvgIpc) is 3.63. The summed E-state index contributed by atoms with van der Waals surface area (Å²) in [5.74, 6) is -0.961. The third kappa shape index (κ3) is 5.54. The highest BCUT2D eigenvalue weighted by Gasteiger charge is 2.52. The minimum absolute atomic E-state index is 0.338. The Morgan fingerprint density at radius 1 is 1.24 bits per heavy atom. The largest absolute Gasteiger partial charge is 0.394 e. The maximum absolute atomic E-state index is 14.4. The minimum atomic E-state index is -1.34. The number of nitriles is 1. The van der Waals surface area contributed by atoms with E-state index in [1.807, 2.05) is 6.92 Å². The first-order valence-electron chi connectivity index (χ1n) is 13.8. The number of aromatic nitrogens is 3. The molecule has 222 valence electrons. The predicted molar refractivity (Wildman–Crippen MR) is 149 cm³/mol. The van der Waals surface area contributed by atoms with Crippen LogP contribution in [0.2, 0.25) is 0 Å². The van der Waals surface area contributed by atoms with Crippen molar-refractivity contribution in [3.63, 3.8) is 0 Å². The quantitative estimate of drug-likeness (QED) is 0.382. The summed E-state index contributed by atoms with van der Waals surface area (Å²) in [5, 5.41) is 50.1. The van der Waals surface area contributed by atoms with Crippen LogP contribution in [0.25, 0.3) is 11.3 Å². The van der Waals surface area contributed by atoms with Gasteiger partial charge in [-0.25, -0.2) is 9.07 Å². The molecule has 42 heavy (non-hydrogen) atoms. The van der Waals surface area contributed by atoms with Crippen molar-refractivity contribution in [3.8, 4) is 17.3 Å². The lowest BCUT2D eigenvalue weighted by molar-refractivity contribution is -0.211. The Hall–Kier alpha value is -3.73. The molecule has 5 unspecified atom stereocenters. The summed E-state index contributed by atoms with van der Waals surface area (Å²) < 4.78 is 27.4. The maximum atomic E-state index is 14.4. The zero-order valence-corrected chi connectivity index (χ0v) is 23.6. The zero-order chi connectivity index (χ0) is 30.1. The second-order valence-corrected chi connectivity index (χ2v) is 10.9. The van der Waals surface area contributed by atoms with Crippen LogP contribution in [0.4, 0.5) is 10.1 Å². The van der Waals surface area contributed by atoms with E-state index >= 15 is 0 Å². The van der Waals surface area contributed by atoms with Crippen LogP contribution >= 0.6 is 0 Å². The Labute approximate surface area is 242 Å². The fraction of sp³-hybridized carbons (Fsp3) is 0.467. The van der Waals surface area contributed by atoms with E-state index in [1.54, 1.807) is 37.3 Å². The molecule has 1 saturated carbocycles. The number of amides is 1. The van der Waals surface area contributed by atoms with Gasteiger partial charge in [0.2, 0.25) is 0 Å². The summed E-state index contributed by atoms with van der Waals surface area (Å²) in [6, 6.07) is 10.2. The molecule has 3 N–H and O–H groups in total. The molecule has 11 nitrogen and oxygen atoms in total. The van der Waals surface area contributed by atoms with E-state index < -0.39 is 60.9 Å². The van der Waals surface area contributed by atoms with Gasteiger partial charge in [0.15, 0.2) is 6.10 Å². The number of benzene rings is 2. The number of hydrogen-bond donors (Lipinski definition) is 3. The van der Waals surface area contributed by atoms with E-state index in [1.165, 1.54) is 29.0 Å². The topological polar surface area (TPSA) is 154 Å². The molecule has 5 rings (SSSR count). The van der Waals surface area contributed by atoms with Crippen molar-refractivity contribution in [1.82, 2.24) is 15.0 Å². The van der Waals surface area contributed by atoms with Gasteiger partial charge in [0.05, 0.1) is 36.6 Å². The number of aliphatic hydroxyl groups excluding tert-OH is 3. The molecule has 2 aliphatic rings. The lowest BCUT2D eigenvalue weighted by atomic mass is 9.91. The van der Waals surface area contributed by atoms with Crippen molar-refractivity contribution in [1.29, 1.82) is 5.26 Å². The van der Waals surface area contributed by atoms with Crippen molar-refractivity contribution in [3.05, 3.63) is 65.1 Å². The number of anilines is 1. The molecular formula is C30H34FN5O6. The number of aryl methyl sites for hydroxylation is 2. The molecule has 1 saturated heterocycles. The molecular weight excluding hydrogens is 545 g/mol. The molecule has 1 aliphatic carbocycles. The molecule has 1 aliphatic heterocycles. The first-order valence-corrected chi connectivity index (χ1v) is 13.8. The number of carbonyl (C=O) groups is 1. The van der Waals surface area contributed by atoms with Gasteiger partial charge in [-0.15, -0.1) is 5.10 Å². The van der Waals surface area contributed by atoms with Crippen LogP contribution in [0.1, 0.15) is 42.0 Å². The summed E-state index contributed by atoms with van der Waals surface area (Å²) in [6.45, 7) is 2.86. The average molecular weight is 580 g/mol. The van der Waals surface area contributed by atoms with Gasteiger partial charge >= 0.3 is 0 Å². The monoisotopic (exact) mass is 579 g/mol. The van der Waals surface area contributed by atoms with E-state index in [0.29, 0.717) is 47.3 Å². The molecule has 2 aromatic carbocycles. The summed E-state index contributed by atoms with van der Waals surface area (Å²) in [7, 11) is 1.37. The zero-order valence-electron chi connectivity index (χ0n) is 23.6. The lowest BCUT2D eigenvalue weighted by Gasteiger charge is -2.45. The van der Waals surface area contributed by atoms with E-state index in [-0.39, 0.29) is 0 Å². The van der Waals surface area contributed by atoms with Gasteiger partial charge in [0.25, 0.3) is 5.91 Å². The second kappa shape index (κ2) is 12.2. The minimum Gasteiger partial charge on any atom is -0.394 e. The van der Waals surface area contributed by atoms with E-state index in [2.05, 4.69) is 16.4 Å². The van der Waals surface area contributed by atoms with Crippen molar-refractivity contribution < 1.29 is 34.0 Å². The van der Waals surface area contributed by atoms with Crippen LogP contribution < -0.4 is 4.90 Å². The number of methoxy groups -OCH3 is 1. The van der Waals surface area contributed by atoms with Crippen LogP contribution in [0, 0.1) is 31.0 Å². The number of hydrogen-bond acceptors (Lipinski definition) is 9. The molecule has 2 fully saturated rings. The maximum Gasteiger partial charge on any atom is 0.259 e. The molecule has 0 bridgehead atoms. The number of aliphatic hydroxyl groups is 3. The van der Waals surface area contributed by atoms with Gasteiger partial charge in [-0.05, 0) is 68.5 Å². The summed E-state index contributed by atoms with van der Waals surface area (Å²) >= 11 is 0. The van der Waals surface area contributed by atoms with Crippen LogP contribution in [-0.2, 0) is 14.3 Å². The standard InChI is InChI=1S/C30H34FN5O6/c1-16-9-18(13-32)11-20(10-16)36(23-5-4-6-24(23)38)30(40)29-28(41-3)26(27(39)25(15-37)42-29)35-14-22(33-34-35)19-8-7-17(2)21(31)12-19/h7-12,14,23-29,37-39H,4-6,15H2,1-3H3/t23-,24-,25?,26?,27?,28?,29?/m1/s1. The van der Waals surface area contributed by atoms with Crippen LogP contribution in [0.3, 0.4) is 0 Å². The Morgan fingerprint density at radius 2 is 2.02 bits per heavy atom. The van der Waals surface area contributed by atoms with Crippen LogP contribution in [-0.4, -0.2) is 86.5 Å². The van der Waals surface area contributed by atoms with Gasteiger partial charge < -0.3 is 29.7 Å². The van der Waals surface area contributed by atoms with E-state index in [9.17, 15) is 29.8 Å². The van der Waals surface area contributed by atoms with Gasteiger partial charge in [0.1, 0.15) is 35.9 Å². The lowest BCUT2D eigenvalue weighted by Crippen LogP contribution is -2.62. The van der Waals surface area contributed by atoms with E-state index in [0.717, 1.165) is 5.56 Å². The molecule has 12 heteroatoms. The second-order valence-electron chi connectivity index (χ2n) is 10.9. The van der Waals surface area contributed by atoms with Crippen LogP contribution in [0.15, 0.2) is 42.6 Å². The van der Waals surface area contributed by atoms with Crippen molar-refractivity contribution in [2.24, 2.45) is 0 Å². The number of nitrogens with zero attached hydrogens (tertiary/aromatic N) is 5. The van der Waals surface area contributed by atoms with Gasteiger partial charge in [-0.3, -0.25) is 4.79 Å². The van der Waals surface area contributed by atoms with Gasteiger partial charge in [-0.2, -0.15) is 5.26 Å². The molecule has 1 amide bonds. The SMILES string of the molecule is COC1C(C(=O)N(c2cc(C)cc(C#N)c2)[C@@H]2CCC[C@H]2O)OC(CO)C(O)C1n1cc(-c2ccc(C)c(F)c2)nn1. The third-order valence-electron chi connectivity index (χ3n) is 8.15. The van der Waals surface area contributed by atoms with Crippen molar-refractivity contribution >= 4 is 11.6 Å². The predicted octanol–water partition coefficient (Wildman–Crippen LogP) is 2.20. The van der Waals surface area contributed by atoms with Crippen molar-refractivity contribution in [2.75, 3.05) is 18.6 Å². The molecule has 1 aromatic heterocycles. The highest BCUT2D eigenvalue weighted by molar-refractivity contribution is 5.98. The Morgan fingerprint density at radius 3 is 2.67 bits per heavy atom. The summed E-state index contributed by atoms with van der Waals surface area (Å²) in [5.41, 5.74) is 2.82. The number of halogens is 1. The molecule has 2 heterocycles. The number of ether oxygens (including phenoxy) is 2. The smallest absolute Gasteiger partial charge is 0.259 e. The Bertz CT molecular complexity index is 1490. The number of rotatable bonds is 7. The first kappa shape index (κ1) is 29.8. The van der Waals surface area contributed by atoms with Gasteiger partial charge in [-0.1, -0.05) is 17.3 Å². The fourth-order valence-electron chi connectivity index (χ4n) is 5.97. The normalized spacial score (nSPS) is 27.5. The Kier molecular flexibility index (Phi) is 8.68. The van der Waals surface area contributed by atoms with E-state index in [4.69, 9.17) is 9.47 Å². The van der Waals surface area contributed by atoms with Gasteiger partial charge in [0, 0.05) is 18.4 Å². The fourth-order valence-corrected chi connectivity index (χ4v) is 5.97. The molecule has 3 aromatic rings. The molecule has 0 spiro atoms. The summed E-state index contributed by atoms with van der Waals surface area (Å²) in [6.07, 6.45) is -2.49. The summed E-state index contributed by atoms with van der Waals surface area (Å²) in [4.78, 5) is 15.9. The Balaban J connectivity index is 1.55.